The second-order valence-corrected chi connectivity index (χ2v) is 1.58. The van der Waals surface area contributed by atoms with Crippen molar-refractivity contribution in [2.24, 2.45) is 20.7 Å². The Morgan fingerprint density at radius 1 is 1.42 bits per heavy atom. The van der Waals surface area contributed by atoms with Gasteiger partial charge < -0.3 is 5.11 Å². The number of carboxylic acid groups (broad SMARTS) is 1. The molecular weight excluding hydrogens is 222 g/mol. The third kappa shape index (κ3) is 1.29. The maximum absolute atomic E-state index is 10.2. The van der Waals surface area contributed by atoms with Crippen molar-refractivity contribution in [3.8, 4) is 0 Å². The van der Waals surface area contributed by atoms with Crippen LogP contribution in [0, 0.1) is 10.1 Å². The molecule has 0 bridgehead atoms. The second-order valence-electron chi connectivity index (χ2n) is 1.58. The van der Waals surface area contributed by atoms with Gasteiger partial charge in [-0.2, -0.15) is 0 Å². The summed E-state index contributed by atoms with van der Waals surface area (Å²) in [5.41, 5.74) is 0. The van der Waals surface area contributed by atoms with E-state index in [4.69, 9.17) is 5.11 Å². The molecule has 0 fully saturated rings. The molecule has 1 rings (SSSR count). The molecule has 0 saturated heterocycles. The Bertz CT molecular complexity index is 245. The quantitative estimate of drug-likeness (QED) is 0.395. The van der Waals surface area contributed by atoms with Crippen molar-refractivity contribution in [1.82, 2.24) is 0 Å². The van der Waals surface area contributed by atoms with Crippen LogP contribution in [0.5, 0.6) is 0 Å². The van der Waals surface area contributed by atoms with E-state index in [1.54, 1.807) is 0 Å². The van der Waals surface area contributed by atoms with Crippen molar-refractivity contribution in [2.45, 2.75) is 5.79 Å². The van der Waals surface area contributed by atoms with Gasteiger partial charge in [0, 0.05) is 17.1 Å². The number of nitro groups is 1. The summed E-state index contributed by atoms with van der Waals surface area (Å²) in [4.78, 5) is 19.1. The summed E-state index contributed by atoms with van der Waals surface area (Å²) in [5.74, 6) is -4.56. The number of carboxylic acids is 1. The van der Waals surface area contributed by atoms with Gasteiger partial charge in [0.05, 0.1) is 4.92 Å². The van der Waals surface area contributed by atoms with Crippen LogP contribution in [0.3, 0.4) is 0 Å². The van der Waals surface area contributed by atoms with Crippen molar-refractivity contribution in [3.63, 3.8) is 0 Å². The van der Waals surface area contributed by atoms with E-state index in [2.05, 4.69) is 20.7 Å². The van der Waals surface area contributed by atoms with Crippen LogP contribution in [0.15, 0.2) is 20.7 Å². The fourth-order valence-electron chi connectivity index (χ4n) is 0.421. The predicted molar refractivity (Wildman–Crippen MR) is 27.1 cm³/mol. The first-order valence-electron chi connectivity index (χ1n) is 2.31. The summed E-state index contributed by atoms with van der Waals surface area (Å²) in [6, 6.07) is 0. The first-order valence-corrected chi connectivity index (χ1v) is 2.31. The maximum Gasteiger partial charge on any atom is 0.545 e. The van der Waals surface area contributed by atoms with Crippen molar-refractivity contribution < 1.29 is 31.9 Å². The molecule has 9 nitrogen and oxygen atoms in total. The summed E-state index contributed by atoms with van der Waals surface area (Å²) < 4.78 is 0. The van der Waals surface area contributed by atoms with Gasteiger partial charge in [0.15, 0.2) is 0 Å². The summed E-state index contributed by atoms with van der Waals surface area (Å²) in [5, 5.41) is 29.4. The minimum absolute atomic E-state index is 0. The molecule has 0 unspecified atom stereocenters. The summed E-state index contributed by atoms with van der Waals surface area (Å²) >= 11 is 0. The van der Waals surface area contributed by atoms with Crippen LogP contribution < -0.4 is 0 Å². The number of carbonyl (C=O) groups is 1. The smallest absolute Gasteiger partial charge is 0.473 e. The largest absolute Gasteiger partial charge is 0.545 e. The number of hydrogen-bond acceptors (Lipinski definition) is 7. The molecule has 12 heavy (non-hydrogen) atoms. The van der Waals surface area contributed by atoms with Gasteiger partial charge >= 0.3 is 11.8 Å². The molecule has 1 radical (unpaired) electrons. The molecule has 1 aliphatic heterocycles. The predicted octanol–water partition coefficient (Wildman–Crippen LogP) is -0.168. The normalized spacial score (nSPS) is 17.0. The molecule has 0 aromatic rings. The summed E-state index contributed by atoms with van der Waals surface area (Å²) in [6.07, 6.45) is 0. The van der Waals surface area contributed by atoms with Gasteiger partial charge in [-0.25, -0.2) is 4.79 Å². The molecule has 0 aromatic heterocycles. The van der Waals surface area contributed by atoms with Crippen LogP contribution in [-0.4, -0.2) is 21.8 Å². The van der Waals surface area contributed by atoms with E-state index in [9.17, 15) is 14.9 Å². The van der Waals surface area contributed by atoms with Gasteiger partial charge in [0.25, 0.3) is 0 Å². The third-order valence-corrected chi connectivity index (χ3v) is 0.950. The average molecular weight is 223 g/mol. The molecule has 0 aromatic carbocycles. The van der Waals surface area contributed by atoms with E-state index < -0.39 is 16.7 Å². The van der Waals surface area contributed by atoms with E-state index in [0.29, 0.717) is 0 Å². The topological polar surface area (TPSA) is 130 Å². The first-order chi connectivity index (χ1) is 5.09. The van der Waals surface area contributed by atoms with E-state index in [1.165, 1.54) is 0 Å². The van der Waals surface area contributed by atoms with Crippen LogP contribution in [-0.2, 0) is 21.9 Å². The van der Waals surface area contributed by atoms with E-state index in [1.807, 2.05) is 0 Å². The van der Waals surface area contributed by atoms with Crippen LogP contribution in [0.1, 0.15) is 0 Å². The molecule has 0 amide bonds. The van der Waals surface area contributed by atoms with E-state index in [-0.39, 0.29) is 17.1 Å². The van der Waals surface area contributed by atoms with Gasteiger partial charge in [0.2, 0.25) is 0 Å². The number of hydrogen-bond donors (Lipinski definition) is 1. The van der Waals surface area contributed by atoms with E-state index in [0.717, 1.165) is 0 Å². The third-order valence-electron chi connectivity index (χ3n) is 0.950. The number of rotatable bonds is 2. The van der Waals surface area contributed by atoms with Gasteiger partial charge in [0.1, 0.15) is 0 Å². The Labute approximate surface area is 75.2 Å². The fourth-order valence-corrected chi connectivity index (χ4v) is 0.421. The minimum Gasteiger partial charge on any atom is -0.473 e. The van der Waals surface area contributed by atoms with Crippen molar-refractivity contribution >= 4 is 5.97 Å². The Morgan fingerprint density at radius 3 is 2.00 bits per heavy atom. The van der Waals surface area contributed by atoms with E-state index >= 15 is 0 Å². The molecule has 10 heteroatoms. The summed E-state index contributed by atoms with van der Waals surface area (Å²) in [6.45, 7) is 0. The molecule has 0 aliphatic carbocycles. The molecule has 1 N–H and O–H groups in total. The van der Waals surface area contributed by atoms with Crippen molar-refractivity contribution in [3.05, 3.63) is 10.1 Å². The fraction of sp³-hybridized carbons (Fsp3) is 0.500. The van der Waals surface area contributed by atoms with Crippen LogP contribution in [0.2, 0.25) is 0 Å². The second kappa shape index (κ2) is 3.32. The Kier molecular flexibility index (Phi) is 2.93. The Hall–Kier alpha value is -1.41. The zero-order chi connectivity index (χ0) is 8.48. The maximum atomic E-state index is 10.2. The molecule has 0 atom stereocenters. The molecular formula is C2HCuN5O4. The SMILES string of the molecule is O=C(O)C1([N+](=O)[O-])N=NN=N1.[Cu]. The zero-order valence-corrected chi connectivity index (χ0v) is 6.15. The standard InChI is InChI=1S/C2HN5O4.Cu/c8-1(9)2(7(10)11)3-5-6-4-2;/h(H,8,9);. The van der Waals surface area contributed by atoms with Gasteiger partial charge in [-0.3, -0.25) is 10.1 Å². The zero-order valence-electron chi connectivity index (χ0n) is 5.21. The molecule has 0 spiro atoms. The number of nitrogens with zero attached hydrogens (tertiary/aromatic N) is 5. The molecule has 0 saturated carbocycles. The number of aliphatic carboxylic acids is 1. The summed E-state index contributed by atoms with van der Waals surface area (Å²) in [7, 11) is 0. The van der Waals surface area contributed by atoms with Crippen molar-refractivity contribution in [1.29, 1.82) is 0 Å². The molecule has 1 heterocycles. The first kappa shape index (κ1) is 10.6. The van der Waals surface area contributed by atoms with Crippen molar-refractivity contribution in [2.75, 3.05) is 0 Å². The Morgan fingerprint density at radius 2 is 1.83 bits per heavy atom. The Balaban J connectivity index is 0.00000121. The molecule has 1 aliphatic rings. The van der Waals surface area contributed by atoms with Crippen LogP contribution in [0.4, 0.5) is 0 Å². The monoisotopic (exact) mass is 222 g/mol. The molecule has 69 valence electrons. The van der Waals surface area contributed by atoms with Gasteiger partial charge in [-0.15, -0.1) is 0 Å². The van der Waals surface area contributed by atoms with Gasteiger partial charge in [-0.1, -0.05) is 10.2 Å². The van der Waals surface area contributed by atoms with Gasteiger partial charge in [-0.05, 0) is 10.4 Å². The minimum atomic E-state index is -2.75. The van der Waals surface area contributed by atoms with Crippen LogP contribution >= 0.6 is 0 Å². The van der Waals surface area contributed by atoms with Crippen LogP contribution in [0.25, 0.3) is 0 Å². The average Bonchev–Trinajstić information content (AvgIpc) is 2.34.